The third-order valence-electron chi connectivity index (χ3n) is 4.63. The van der Waals surface area contributed by atoms with Crippen LogP contribution in [-0.2, 0) is 19.1 Å². The van der Waals surface area contributed by atoms with Gasteiger partial charge in [0.05, 0.1) is 13.0 Å². The normalized spacial score (nSPS) is 15.9. The Kier molecular flexibility index (Phi) is 6.53. The molecule has 0 aliphatic carbocycles. The highest BCUT2D eigenvalue weighted by Gasteiger charge is 2.36. The summed E-state index contributed by atoms with van der Waals surface area (Å²) in [6, 6.07) is 12.4. The van der Waals surface area contributed by atoms with Crippen LogP contribution >= 0.6 is 15.9 Å². The number of esters is 1. The SMILES string of the molecule is COc1ccc(N2C[C@H](C(=O)OCC(=O)Nc3ccc(Br)c(C)c3)CC2=O)cc1. The number of benzene rings is 2. The molecule has 0 spiro atoms. The summed E-state index contributed by atoms with van der Waals surface area (Å²) in [6.07, 6.45) is 0.0540. The van der Waals surface area contributed by atoms with E-state index in [1.54, 1.807) is 37.4 Å². The number of aryl methyl sites for hydroxylation is 1. The summed E-state index contributed by atoms with van der Waals surface area (Å²) >= 11 is 3.40. The Bertz CT molecular complexity index is 929. The standard InChI is InChI=1S/C21H21BrN2O5/c1-13-9-15(3-8-18(13)22)23-19(25)12-29-21(27)14-10-20(26)24(11-14)16-4-6-17(28-2)7-5-16/h3-9,14H,10-12H2,1-2H3,(H,23,25)/t14-/m1/s1. The predicted molar refractivity (Wildman–Crippen MR) is 112 cm³/mol. The van der Waals surface area contributed by atoms with Crippen molar-refractivity contribution in [2.45, 2.75) is 13.3 Å². The van der Waals surface area contributed by atoms with E-state index in [1.165, 1.54) is 4.90 Å². The van der Waals surface area contributed by atoms with E-state index < -0.39 is 24.4 Å². The molecule has 29 heavy (non-hydrogen) atoms. The summed E-state index contributed by atoms with van der Waals surface area (Å²) in [5.41, 5.74) is 2.28. The Morgan fingerprint density at radius 1 is 1.21 bits per heavy atom. The zero-order valence-corrected chi connectivity index (χ0v) is 17.7. The van der Waals surface area contributed by atoms with Gasteiger partial charge in [0.1, 0.15) is 5.75 Å². The first-order chi connectivity index (χ1) is 13.9. The molecule has 8 heteroatoms. The van der Waals surface area contributed by atoms with E-state index in [4.69, 9.17) is 9.47 Å². The van der Waals surface area contributed by atoms with Gasteiger partial charge in [0, 0.05) is 28.8 Å². The van der Waals surface area contributed by atoms with Gasteiger partial charge in [-0.25, -0.2) is 0 Å². The molecule has 1 saturated heterocycles. The number of amides is 2. The second-order valence-electron chi connectivity index (χ2n) is 6.72. The second kappa shape index (κ2) is 9.09. The maximum Gasteiger partial charge on any atom is 0.311 e. The lowest BCUT2D eigenvalue weighted by Crippen LogP contribution is -2.28. The molecule has 2 aromatic carbocycles. The van der Waals surface area contributed by atoms with Crippen LogP contribution in [0.1, 0.15) is 12.0 Å². The molecule has 2 amide bonds. The predicted octanol–water partition coefficient (Wildman–Crippen LogP) is 3.30. The first kappa shape index (κ1) is 20.9. The van der Waals surface area contributed by atoms with Gasteiger partial charge in [0.15, 0.2) is 6.61 Å². The highest BCUT2D eigenvalue weighted by molar-refractivity contribution is 9.10. The van der Waals surface area contributed by atoms with Crippen LogP contribution in [0.25, 0.3) is 0 Å². The van der Waals surface area contributed by atoms with Crippen molar-refractivity contribution < 1.29 is 23.9 Å². The number of nitrogens with one attached hydrogen (secondary N) is 1. The fourth-order valence-electron chi connectivity index (χ4n) is 3.05. The van der Waals surface area contributed by atoms with Gasteiger partial charge in [-0.1, -0.05) is 15.9 Å². The van der Waals surface area contributed by atoms with E-state index >= 15 is 0 Å². The molecule has 0 bridgehead atoms. The van der Waals surface area contributed by atoms with Gasteiger partial charge in [0.25, 0.3) is 5.91 Å². The van der Waals surface area contributed by atoms with E-state index in [0.29, 0.717) is 17.1 Å². The molecule has 0 radical (unpaired) electrons. The minimum Gasteiger partial charge on any atom is -0.497 e. The van der Waals surface area contributed by atoms with Gasteiger partial charge in [0.2, 0.25) is 5.91 Å². The van der Waals surface area contributed by atoms with E-state index in [1.807, 2.05) is 19.1 Å². The van der Waals surface area contributed by atoms with E-state index in [2.05, 4.69) is 21.2 Å². The first-order valence-electron chi connectivity index (χ1n) is 9.04. The summed E-state index contributed by atoms with van der Waals surface area (Å²) in [7, 11) is 1.57. The lowest BCUT2D eigenvalue weighted by molar-refractivity contribution is -0.151. The molecule has 152 valence electrons. The smallest absolute Gasteiger partial charge is 0.311 e. The number of anilines is 2. The van der Waals surface area contributed by atoms with Crippen LogP contribution in [0.2, 0.25) is 0 Å². The zero-order chi connectivity index (χ0) is 21.0. The first-order valence-corrected chi connectivity index (χ1v) is 9.83. The van der Waals surface area contributed by atoms with Crippen molar-refractivity contribution in [1.29, 1.82) is 0 Å². The number of carbonyl (C=O) groups excluding carboxylic acids is 3. The van der Waals surface area contributed by atoms with E-state index in [0.717, 1.165) is 10.0 Å². The van der Waals surface area contributed by atoms with Gasteiger partial charge in [-0.3, -0.25) is 14.4 Å². The van der Waals surface area contributed by atoms with Crippen molar-refractivity contribution >= 4 is 45.1 Å². The Morgan fingerprint density at radius 3 is 2.59 bits per heavy atom. The number of hydrogen-bond acceptors (Lipinski definition) is 5. The Hall–Kier alpha value is -2.87. The molecule has 3 rings (SSSR count). The highest BCUT2D eigenvalue weighted by atomic mass is 79.9. The van der Waals surface area contributed by atoms with Crippen LogP contribution in [0.15, 0.2) is 46.9 Å². The van der Waals surface area contributed by atoms with Gasteiger partial charge >= 0.3 is 5.97 Å². The average molecular weight is 461 g/mol. The van der Waals surface area contributed by atoms with E-state index in [-0.39, 0.29) is 18.9 Å². The largest absolute Gasteiger partial charge is 0.497 e. The molecule has 1 aliphatic heterocycles. The number of nitrogens with zero attached hydrogens (tertiary/aromatic N) is 1. The lowest BCUT2D eigenvalue weighted by Gasteiger charge is -2.17. The van der Waals surface area contributed by atoms with Gasteiger partial charge in [-0.2, -0.15) is 0 Å². The molecule has 0 unspecified atom stereocenters. The number of methoxy groups -OCH3 is 1. The third-order valence-corrected chi connectivity index (χ3v) is 5.52. The van der Waals surface area contributed by atoms with Crippen molar-refractivity contribution in [2.75, 3.05) is 30.5 Å². The van der Waals surface area contributed by atoms with Crippen molar-refractivity contribution in [1.82, 2.24) is 0 Å². The molecule has 1 aliphatic rings. The van der Waals surface area contributed by atoms with Crippen molar-refractivity contribution in [3.63, 3.8) is 0 Å². The number of rotatable bonds is 6. The minimum absolute atomic E-state index is 0.0540. The molecule has 1 heterocycles. The number of ether oxygens (including phenoxy) is 2. The summed E-state index contributed by atoms with van der Waals surface area (Å²) in [5, 5.41) is 2.68. The summed E-state index contributed by atoms with van der Waals surface area (Å²) in [5.74, 6) is -1.07. The summed E-state index contributed by atoms with van der Waals surface area (Å²) in [4.78, 5) is 38.2. The minimum atomic E-state index is -0.604. The molecule has 1 N–H and O–H groups in total. The Morgan fingerprint density at radius 2 is 1.93 bits per heavy atom. The quantitative estimate of drug-likeness (QED) is 0.668. The zero-order valence-electron chi connectivity index (χ0n) is 16.1. The van der Waals surface area contributed by atoms with Crippen LogP contribution in [0.5, 0.6) is 5.75 Å². The molecule has 7 nitrogen and oxygen atoms in total. The van der Waals surface area contributed by atoms with Crippen molar-refractivity contribution in [3.05, 3.63) is 52.5 Å². The molecule has 0 aromatic heterocycles. The van der Waals surface area contributed by atoms with Crippen LogP contribution in [0.3, 0.4) is 0 Å². The molecule has 1 atom stereocenters. The number of carbonyl (C=O) groups is 3. The van der Waals surface area contributed by atoms with Crippen molar-refractivity contribution in [2.24, 2.45) is 5.92 Å². The van der Waals surface area contributed by atoms with Crippen LogP contribution in [0.4, 0.5) is 11.4 Å². The summed E-state index contributed by atoms with van der Waals surface area (Å²) in [6.45, 7) is 1.73. The van der Waals surface area contributed by atoms with Crippen molar-refractivity contribution in [3.8, 4) is 5.75 Å². The summed E-state index contributed by atoms with van der Waals surface area (Å²) < 4.78 is 11.2. The van der Waals surface area contributed by atoms with Gasteiger partial charge in [-0.05, 0) is 55.0 Å². The van der Waals surface area contributed by atoms with Gasteiger partial charge < -0.3 is 19.7 Å². The molecular weight excluding hydrogens is 440 g/mol. The Labute approximate surface area is 177 Å². The average Bonchev–Trinajstić information content (AvgIpc) is 3.11. The Balaban J connectivity index is 1.52. The lowest BCUT2D eigenvalue weighted by atomic mass is 10.1. The van der Waals surface area contributed by atoms with Crippen LogP contribution in [-0.4, -0.2) is 38.0 Å². The molecule has 2 aromatic rings. The second-order valence-corrected chi connectivity index (χ2v) is 7.58. The highest BCUT2D eigenvalue weighted by Crippen LogP contribution is 2.27. The third kappa shape index (κ3) is 5.14. The molecular formula is C21H21BrN2O5. The van der Waals surface area contributed by atoms with Crippen LogP contribution < -0.4 is 15.0 Å². The number of hydrogen-bond donors (Lipinski definition) is 1. The molecule has 0 saturated carbocycles. The fourth-order valence-corrected chi connectivity index (χ4v) is 3.30. The monoisotopic (exact) mass is 460 g/mol. The fraction of sp³-hybridized carbons (Fsp3) is 0.286. The maximum absolute atomic E-state index is 12.3. The van der Waals surface area contributed by atoms with E-state index in [9.17, 15) is 14.4 Å². The van der Waals surface area contributed by atoms with Gasteiger partial charge in [-0.15, -0.1) is 0 Å². The number of halogens is 1. The maximum atomic E-state index is 12.3. The molecule has 1 fully saturated rings. The topological polar surface area (TPSA) is 84.9 Å². The van der Waals surface area contributed by atoms with Crippen LogP contribution in [0, 0.1) is 12.8 Å².